The van der Waals surface area contributed by atoms with E-state index >= 15 is 0 Å². The maximum absolute atomic E-state index is 13.6. The predicted molar refractivity (Wildman–Crippen MR) is 58.8 cm³/mol. The molecule has 1 aliphatic carbocycles. The summed E-state index contributed by atoms with van der Waals surface area (Å²) in [7, 11) is 1.56. The molecule has 0 amide bonds. The Morgan fingerprint density at radius 1 is 1.44 bits per heavy atom. The summed E-state index contributed by atoms with van der Waals surface area (Å²) in [6.45, 7) is 1.70. The molecule has 3 heteroatoms. The van der Waals surface area contributed by atoms with E-state index in [1.807, 2.05) is 0 Å². The highest BCUT2D eigenvalue weighted by Gasteiger charge is 2.41. The van der Waals surface area contributed by atoms with E-state index in [1.165, 1.54) is 6.07 Å². The van der Waals surface area contributed by atoms with E-state index in [4.69, 9.17) is 4.74 Å². The lowest BCUT2D eigenvalue weighted by atomic mass is 9.65. The van der Waals surface area contributed by atoms with Gasteiger partial charge >= 0.3 is 0 Å². The molecular weight excluding hydrogens is 205 g/mol. The predicted octanol–water partition coefficient (Wildman–Crippen LogP) is 3.09. The van der Waals surface area contributed by atoms with Crippen LogP contribution in [0.5, 0.6) is 5.75 Å². The molecule has 84 valence electrons. The summed E-state index contributed by atoms with van der Waals surface area (Å²) in [5, 5.41) is 9.24. The molecule has 0 atom stereocenters. The first-order valence-corrected chi connectivity index (χ1v) is 5.39. The van der Waals surface area contributed by atoms with Crippen LogP contribution >= 0.6 is 0 Å². The molecule has 0 saturated heterocycles. The van der Waals surface area contributed by atoms with Crippen LogP contribution in [-0.2, 0) is 5.41 Å². The van der Waals surface area contributed by atoms with Crippen molar-refractivity contribution in [2.45, 2.75) is 31.6 Å². The largest absolute Gasteiger partial charge is 0.496 e. The summed E-state index contributed by atoms with van der Waals surface area (Å²) < 4.78 is 18.8. The first-order valence-electron chi connectivity index (χ1n) is 5.39. The van der Waals surface area contributed by atoms with Crippen LogP contribution in [0.3, 0.4) is 0 Å². The Hall–Kier alpha value is -1.56. The average Bonchev–Trinajstić information content (AvgIpc) is 2.22. The summed E-state index contributed by atoms with van der Waals surface area (Å²) in [4.78, 5) is 0. The smallest absolute Gasteiger partial charge is 0.126 e. The molecule has 1 aromatic carbocycles. The zero-order valence-corrected chi connectivity index (χ0v) is 9.51. The summed E-state index contributed by atoms with van der Waals surface area (Å²) in [6.07, 6.45) is 2.61. The molecule has 0 aliphatic heterocycles. The molecule has 0 N–H and O–H groups in total. The molecule has 1 aliphatic rings. The van der Waals surface area contributed by atoms with Gasteiger partial charge in [-0.1, -0.05) is 0 Å². The molecule has 0 unspecified atom stereocenters. The van der Waals surface area contributed by atoms with E-state index in [2.05, 4.69) is 6.07 Å². The van der Waals surface area contributed by atoms with Crippen molar-refractivity contribution >= 4 is 0 Å². The summed E-state index contributed by atoms with van der Waals surface area (Å²) in [6, 6.07) is 5.43. The van der Waals surface area contributed by atoms with Gasteiger partial charge in [0.1, 0.15) is 11.6 Å². The minimum atomic E-state index is -0.528. The SMILES string of the molecule is COc1cc(C)c(F)cc1C1(C#N)CCC1. The van der Waals surface area contributed by atoms with Crippen LogP contribution in [0.4, 0.5) is 4.39 Å². The standard InChI is InChI=1S/C13H14FNO/c1-9-6-12(16-2)10(7-11(9)14)13(8-15)4-3-5-13/h6-7H,3-5H2,1-2H3. The molecule has 2 rings (SSSR count). The lowest BCUT2D eigenvalue weighted by Gasteiger charge is -2.36. The van der Waals surface area contributed by atoms with Gasteiger partial charge < -0.3 is 4.74 Å². The Morgan fingerprint density at radius 3 is 2.56 bits per heavy atom. The molecule has 0 bridgehead atoms. The number of halogens is 1. The third-order valence-corrected chi connectivity index (χ3v) is 3.42. The number of nitrogens with zero attached hydrogens (tertiary/aromatic N) is 1. The van der Waals surface area contributed by atoms with Crippen molar-refractivity contribution in [3.63, 3.8) is 0 Å². The van der Waals surface area contributed by atoms with Gasteiger partial charge in [0.15, 0.2) is 0 Å². The number of methoxy groups -OCH3 is 1. The van der Waals surface area contributed by atoms with Crippen LogP contribution in [0.1, 0.15) is 30.4 Å². The maximum Gasteiger partial charge on any atom is 0.126 e. The molecule has 1 aromatic rings. The minimum absolute atomic E-state index is 0.266. The number of hydrogen-bond acceptors (Lipinski definition) is 2. The Morgan fingerprint density at radius 2 is 2.12 bits per heavy atom. The van der Waals surface area contributed by atoms with Crippen LogP contribution in [0.15, 0.2) is 12.1 Å². The first kappa shape index (κ1) is 10.9. The number of nitriles is 1. The molecule has 0 radical (unpaired) electrons. The number of hydrogen-bond donors (Lipinski definition) is 0. The van der Waals surface area contributed by atoms with Crippen LogP contribution in [0.25, 0.3) is 0 Å². The van der Waals surface area contributed by atoms with Gasteiger partial charge in [-0.25, -0.2) is 4.39 Å². The quantitative estimate of drug-likeness (QED) is 0.765. The number of benzene rings is 1. The number of ether oxygens (including phenoxy) is 1. The molecule has 1 saturated carbocycles. The monoisotopic (exact) mass is 219 g/mol. The zero-order valence-electron chi connectivity index (χ0n) is 9.51. The van der Waals surface area contributed by atoms with Gasteiger partial charge in [0, 0.05) is 5.56 Å². The topological polar surface area (TPSA) is 33.0 Å². The second-order valence-electron chi connectivity index (χ2n) is 4.35. The summed E-state index contributed by atoms with van der Waals surface area (Å²) in [5.41, 5.74) is 0.722. The molecule has 0 spiro atoms. The second-order valence-corrected chi connectivity index (χ2v) is 4.35. The van der Waals surface area contributed by atoms with Crippen molar-refractivity contribution in [3.8, 4) is 11.8 Å². The molecule has 2 nitrogen and oxygen atoms in total. The highest BCUT2D eigenvalue weighted by molar-refractivity contribution is 5.47. The number of aryl methyl sites for hydroxylation is 1. The van der Waals surface area contributed by atoms with E-state index < -0.39 is 5.41 Å². The first-order chi connectivity index (χ1) is 7.63. The molecule has 0 heterocycles. The van der Waals surface area contributed by atoms with E-state index in [9.17, 15) is 9.65 Å². The van der Waals surface area contributed by atoms with Gasteiger partial charge in [0.2, 0.25) is 0 Å². The molecule has 16 heavy (non-hydrogen) atoms. The fraction of sp³-hybridized carbons (Fsp3) is 0.462. The minimum Gasteiger partial charge on any atom is -0.496 e. The van der Waals surface area contributed by atoms with Crippen molar-refractivity contribution in [2.24, 2.45) is 0 Å². The van der Waals surface area contributed by atoms with Crippen molar-refractivity contribution in [3.05, 3.63) is 29.1 Å². The Kier molecular flexibility index (Phi) is 2.59. The normalized spacial score (nSPS) is 17.4. The van der Waals surface area contributed by atoms with Crippen molar-refractivity contribution < 1.29 is 9.13 Å². The van der Waals surface area contributed by atoms with Gasteiger partial charge in [-0.3, -0.25) is 0 Å². The molecule has 0 aromatic heterocycles. The third-order valence-electron chi connectivity index (χ3n) is 3.42. The fourth-order valence-corrected chi connectivity index (χ4v) is 2.17. The van der Waals surface area contributed by atoms with E-state index in [0.29, 0.717) is 16.9 Å². The van der Waals surface area contributed by atoms with Gasteiger partial charge in [-0.2, -0.15) is 5.26 Å². The molecular formula is C13H14FNO. The fourth-order valence-electron chi connectivity index (χ4n) is 2.17. The lowest BCUT2D eigenvalue weighted by molar-refractivity contribution is 0.305. The second kappa shape index (κ2) is 3.79. The van der Waals surface area contributed by atoms with Crippen molar-refractivity contribution in [1.29, 1.82) is 5.26 Å². The van der Waals surface area contributed by atoms with E-state index in [0.717, 1.165) is 19.3 Å². The Bertz CT molecular complexity index is 458. The Labute approximate surface area is 94.7 Å². The highest BCUT2D eigenvalue weighted by atomic mass is 19.1. The van der Waals surface area contributed by atoms with Gasteiger partial charge in [0.25, 0.3) is 0 Å². The third kappa shape index (κ3) is 1.46. The van der Waals surface area contributed by atoms with Crippen molar-refractivity contribution in [1.82, 2.24) is 0 Å². The lowest BCUT2D eigenvalue weighted by Crippen LogP contribution is -2.33. The van der Waals surface area contributed by atoms with Gasteiger partial charge in [0.05, 0.1) is 18.6 Å². The Balaban J connectivity index is 2.55. The molecule has 1 fully saturated rings. The zero-order chi connectivity index (χ0) is 11.8. The maximum atomic E-state index is 13.6. The van der Waals surface area contributed by atoms with E-state index in [1.54, 1.807) is 20.1 Å². The van der Waals surface area contributed by atoms with Crippen LogP contribution in [0.2, 0.25) is 0 Å². The van der Waals surface area contributed by atoms with E-state index in [-0.39, 0.29) is 5.82 Å². The van der Waals surface area contributed by atoms with Crippen LogP contribution in [-0.4, -0.2) is 7.11 Å². The average molecular weight is 219 g/mol. The van der Waals surface area contributed by atoms with Crippen molar-refractivity contribution in [2.75, 3.05) is 7.11 Å². The summed E-state index contributed by atoms with van der Waals surface area (Å²) in [5.74, 6) is 0.359. The van der Waals surface area contributed by atoms with Gasteiger partial charge in [-0.05, 0) is 43.9 Å². The van der Waals surface area contributed by atoms with Crippen LogP contribution < -0.4 is 4.74 Å². The highest BCUT2D eigenvalue weighted by Crippen LogP contribution is 2.47. The van der Waals surface area contributed by atoms with Gasteiger partial charge in [-0.15, -0.1) is 0 Å². The summed E-state index contributed by atoms with van der Waals surface area (Å²) >= 11 is 0. The number of rotatable bonds is 2. The van der Waals surface area contributed by atoms with Crippen LogP contribution in [0, 0.1) is 24.1 Å².